The molecule has 0 N–H and O–H groups in total. The first kappa shape index (κ1) is 15.1. The van der Waals surface area contributed by atoms with E-state index in [1.165, 1.54) is 50.5 Å². The van der Waals surface area contributed by atoms with E-state index in [2.05, 4.69) is 34.3 Å². The molecule has 0 heteroatoms. The van der Waals surface area contributed by atoms with Crippen LogP contribution >= 0.6 is 0 Å². The van der Waals surface area contributed by atoms with E-state index in [4.69, 9.17) is 0 Å². The molecule has 0 amide bonds. The maximum Gasteiger partial charge on any atom is -0.0183 e. The third-order valence-electron chi connectivity index (χ3n) is 6.28. The molecule has 0 spiro atoms. The Morgan fingerprint density at radius 1 is 0.842 bits per heavy atom. The first-order chi connectivity index (χ1) is 8.97. The van der Waals surface area contributed by atoms with Crippen molar-refractivity contribution < 1.29 is 0 Å². The summed E-state index contributed by atoms with van der Waals surface area (Å²) >= 11 is 0. The lowest BCUT2D eigenvalue weighted by Crippen LogP contribution is -2.27. The van der Waals surface area contributed by atoms with Gasteiger partial charge in [-0.25, -0.2) is 0 Å². The molecular weight excluding hydrogens is 228 g/mol. The van der Waals surface area contributed by atoms with Crippen molar-refractivity contribution in [3.63, 3.8) is 0 Å². The van der Waals surface area contributed by atoms with Crippen LogP contribution in [-0.2, 0) is 0 Å². The van der Waals surface area contributed by atoms with Crippen molar-refractivity contribution in [2.75, 3.05) is 0 Å². The lowest BCUT2D eigenvalue weighted by Gasteiger charge is -2.38. The molecular formula is C19H34. The van der Waals surface area contributed by atoms with Crippen LogP contribution in [0.4, 0.5) is 0 Å². The van der Waals surface area contributed by atoms with Gasteiger partial charge < -0.3 is 0 Å². The van der Waals surface area contributed by atoms with Gasteiger partial charge in [0.2, 0.25) is 0 Å². The van der Waals surface area contributed by atoms with Gasteiger partial charge in [-0.1, -0.05) is 45.8 Å². The van der Waals surface area contributed by atoms with Crippen molar-refractivity contribution in [2.45, 2.75) is 72.6 Å². The van der Waals surface area contributed by atoms with E-state index in [0.717, 1.165) is 35.5 Å². The van der Waals surface area contributed by atoms with Gasteiger partial charge in [-0.05, 0) is 74.5 Å². The summed E-state index contributed by atoms with van der Waals surface area (Å²) < 4.78 is 0. The fraction of sp³-hybridized carbons (Fsp3) is 0.895. The highest BCUT2D eigenvalue weighted by atomic mass is 14.4. The van der Waals surface area contributed by atoms with E-state index in [9.17, 15) is 0 Å². The van der Waals surface area contributed by atoms with E-state index < -0.39 is 0 Å². The average Bonchev–Trinajstić information content (AvgIpc) is 2.33. The van der Waals surface area contributed by atoms with E-state index in [0.29, 0.717) is 0 Å². The van der Waals surface area contributed by atoms with Crippen LogP contribution in [0.3, 0.4) is 0 Å². The van der Waals surface area contributed by atoms with Gasteiger partial charge in [0.1, 0.15) is 0 Å². The van der Waals surface area contributed by atoms with Crippen molar-refractivity contribution in [1.29, 1.82) is 0 Å². The third-order valence-corrected chi connectivity index (χ3v) is 6.28. The lowest BCUT2D eigenvalue weighted by molar-refractivity contribution is 0.143. The van der Waals surface area contributed by atoms with Crippen molar-refractivity contribution in [1.82, 2.24) is 0 Å². The molecule has 2 rings (SSSR count). The largest absolute Gasteiger partial charge is 0.0999 e. The Morgan fingerprint density at radius 3 is 1.95 bits per heavy atom. The van der Waals surface area contributed by atoms with Crippen LogP contribution in [0.5, 0.6) is 0 Å². The standard InChI is InChI=1S/C19H34/c1-13(2)19-9-8-18(11-16(19)5)12-17-7-6-14(3)15(4)10-17/h14-19H,1,6-12H2,2-5H3. The molecule has 0 saturated heterocycles. The molecule has 0 aliphatic heterocycles. The van der Waals surface area contributed by atoms with Crippen LogP contribution in [0, 0.1) is 35.5 Å². The molecule has 0 nitrogen and oxygen atoms in total. The predicted octanol–water partition coefficient (Wildman–Crippen LogP) is 6.08. The molecule has 110 valence electrons. The van der Waals surface area contributed by atoms with Gasteiger partial charge in [0.05, 0.1) is 0 Å². The second-order valence-electron chi connectivity index (χ2n) is 7.98. The fourth-order valence-electron chi connectivity index (χ4n) is 4.80. The van der Waals surface area contributed by atoms with Crippen LogP contribution in [-0.4, -0.2) is 0 Å². The highest BCUT2D eigenvalue weighted by molar-refractivity contribution is 5.00. The smallest absolute Gasteiger partial charge is 0.0183 e. The second-order valence-corrected chi connectivity index (χ2v) is 7.98. The maximum absolute atomic E-state index is 4.19. The minimum Gasteiger partial charge on any atom is -0.0999 e. The summed E-state index contributed by atoms with van der Waals surface area (Å²) in [5, 5.41) is 0. The van der Waals surface area contributed by atoms with Crippen molar-refractivity contribution >= 4 is 0 Å². The highest BCUT2D eigenvalue weighted by Gasteiger charge is 2.31. The highest BCUT2D eigenvalue weighted by Crippen LogP contribution is 2.43. The molecule has 2 saturated carbocycles. The van der Waals surface area contributed by atoms with Crippen molar-refractivity contribution in [3.05, 3.63) is 12.2 Å². The van der Waals surface area contributed by atoms with Gasteiger partial charge in [0.25, 0.3) is 0 Å². The zero-order valence-corrected chi connectivity index (χ0v) is 13.6. The summed E-state index contributed by atoms with van der Waals surface area (Å²) in [5.41, 5.74) is 1.42. The quantitative estimate of drug-likeness (QED) is 0.541. The van der Waals surface area contributed by atoms with Gasteiger partial charge in [-0.2, -0.15) is 0 Å². The van der Waals surface area contributed by atoms with E-state index in [1.807, 2.05) is 0 Å². The van der Waals surface area contributed by atoms with E-state index in [1.54, 1.807) is 0 Å². The number of hydrogen-bond donors (Lipinski definition) is 0. The van der Waals surface area contributed by atoms with Crippen molar-refractivity contribution in [2.24, 2.45) is 35.5 Å². The molecule has 0 aromatic heterocycles. The minimum absolute atomic E-state index is 0.807. The molecule has 0 radical (unpaired) electrons. The summed E-state index contributed by atoms with van der Waals surface area (Å²) in [4.78, 5) is 0. The van der Waals surface area contributed by atoms with Crippen LogP contribution in [0.2, 0.25) is 0 Å². The Bertz CT molecular complexity index is 303. The first-order valence-corrected chi connectivity index (χ1v) is 8.62. The number of allylic oxidation sites excluding steroid dienone is 1. The Morgan fingerprint density at radius 2 is 1.42 bits per heavy atom. The topological polar surface area (TPSA) is 0 Å². The molecule has 0 heterocycles. The lowest BCUT2D eigenvalue weighted by atomic mass is 9.67. The molecule has 2 fully saturated rings. The molecule has 6 atom stereocenters. The molecule has 19 heavy (non-hydrogen) atoms. The summed E-state index contributed by atoms with van der Waals surface area (Å²) in [6.07, 6.45) is 10.3. The Balaban J connectivity index is 1.80. The molecule has 0 bridgehead atoms. The average molecular weight is 262 g/mol. The second kappa shape index (κ2) is 6.46. The Kier molecular flexibility index (Phi) is 5.15. The summed E-state index contributed by atoms with van der Waals surface area (Å²) in [6, 6.07) is 0. The molecule has 0 aromatic carbocycles. The summed E-state index contributed by atoms with van der Waals surface area (Å²) in [6.45, 7) is 13.8. The SMILES string of the molecule is C=C(C)C1CCC(CC2CCC(C)C(C)C2)CC1C. The zero-order valence-electron chi connectivity index (χ0n) is 13.6. The number of rotatable bonds is 3. The molecule has 2 aliphatic rings. The molecule has 0 aromatic rings. The Hall–Kier alpha value is -0.260. The van der Waals surface area contributed by atoms with Gasteiger partial charge >= 0.3 is 0 Å². The van der Waals surface area contributed by atoms with Crippen LogP contribution < -0.4 is 0 Å². The van der Waals surface area contributed by atoms with Gasteiger partial charge in [-0.3, -0.25) is 0 Å². The van der Waals surface area contributed by atoms with Gasteiger partial charge in [-0.15, -0.1) is 0 Å². The third kappa shape index (κ3) is 3.86. The van der Waals surface area contributed by atoms with Crippen molar-refractivity contribution in [3.8, 4) is 0 Å². The monoisotopic (exact) mass is 262 g/mol. The van der Waals surface area contributed by atoms with Crippen LogP contribution in [0.15, 0.2) is 12.2 Å². The van der Waals surface area contributed by atoms with E-state index >= 15 is 0 Å². The van der Waals surface area contributed by atoms with Crippen LogP contribution in [0.25, 0.3) is 0 Å². The number of hydrogen-bond acceptors (Lipinski definition) is 0. The first-order valence-electron chi connectivity index (χ1n) is 8.62. The minimum atomic E-state index is 0.807. The maximum atomic E-state index is 4.19. The summed E-state index contributed by atoms with van der Waals surface area (Å²) in [5.74, 6) is 5.65. The zero-order chi connectivity index (χ0) is 14.0. The molecule has 2 aliphatic carbocycles. The van der Waals surface area contributed by atoms with Crippen LogP contribution in [0.1, 0.15) is 72.6 Å². The normalized spacial score (nSPS) is 44.0. The molecule has 6 unspecified atom stereocenters. The van der Waals surface area contributed by atoms with Gasteiger partial charge in [0.15, 0.2) is 0 Å². The predicted molar refractivity (Wildman–Crippen MR) is 85.1 cm³/mol. The fourth-order valence-corrected chi connectivity index (χ4v) is 4.80. The van der Waals surface area contributed by atoms with Gasteiger partial charge in [0, 0.05) is 0 Å². The summed E-state index contributed by atoms with van der Waals surface area (Å²) in [7, 11) is 0. The Labute approximate surface area is 121 Å². The van der Waals surface area contributed by atoms with E-state index in [-0.39, 0.29) is 0 Å².